The first-order valence-electron chi connectivity index (χ1n) is 19.0. The Hall–Kier alpha value is -4.40. The van der Waals surface area contributed by atoms with Crippen molar-refractivity contribution in [1.29, 1.82) is 0 Å². The lowest BCUT2D eigenvalue weighted by Crippen LogP contribution is -2.31. The third-order valence-electron chi connectivity index (χ3n) is 11.1. The number of aryl methyl sites for hydroxylation is 2. The van der Waals surface area contributed by atoms with Gasteiger partial charge in [0.1, 0.15) is 0 Å². The van der Waals surface area contributed by atoms with E-state index in [0.717, 1.165) is 32.2 Å². The molecule has 2 heterocycles. The van der Waals surface area contributed by atoms with E-state index < -0.39 is 0 Å². The zero-order valence-corrected chi connectivity index (χ0v) is 32.2. The molecule has 1 nitrogen and oxygen atoms in total. The third kappa shape index (κ3) is 8.23. The molecule has 2 atom stereocenters. The van der Waals surface area contributed by atoms with Gasteiger partial charge in [-0.2, -0.15) is 0 Å². The van der Waals surface area contributed by atoms with E-state index in [2.05, 4.69) is 180 Å². The summed E-state index contributed by atoms with van der Waals surface area (Å²) in [6.45, 7) is 17.2. The highest BCUT2D eigenvalue weighted by atomic mass is 32.1. The number of allylic oxidation sites excluding steroid dienone is 1. The zero-order chi connectivity index (χ0) is 35.8. The first kappa shape index (κ1) is 36.4. The number of unbranched alkanes of at least 4 members (excludes halogenated alkanes) is 1. The van der Waals surface area contributed by atoms with Crippen molar-refractivity contribution in [3.8, 4) is 10.4 Å². The second-order valence-corrected chi connectivity index (χ2v) is 15.9. The van der Waals surface area contributed by atoms with Crippen LogP contribution in [-0.2, 0) is 5.41 Å². The quantitative estimate of drug-likeness (QED) is 0.0989. The molecule has 2 unspecified atom stereocenters. The van der Waals surface area contributed by atoms with Crippen LogP contribution in [-0.4, -0.2) is 17.5 Å². The average molecular weight is 690 g/mol. The fourth-order valence-electron chi connectivity index (χ4n) is 7.75. The standard InChI is InChI=1S/C49H55NS/c1-7-8-18-42(33-43-34-48(51-40(43)6)41-19-12-9-13-20-41)47-35-50(39(5)38(47)4)32-30-37(3)29-31-49(44-21-14-10-15-22-44,45-23-16-11-17-24-45)46-27-25-36(2)26-28-46/h9-17,19-28,33-35,37,39H,4,7-8,18,29-32H2,1-3,5-6H3. The molecule has 6 rings (SSSR count). The number of thiophene rings is 1. The van der Waals surface area contributed by atoms with Crippen LogP contribution in [0.5, 0.6) is 0 Å². The summed E-state index contributed by atoms with van der Waals surface area (Å²) >= 11 is 1.89. The summed E-state index contributed by atoms with van der Waals surface area (Å²) in [5, 5.41) is 0. The maximum absolute atomic E-state index is 4.67. The lowest BCUT2D eigenvalue weighted by Gasteiger charge is -2.37. The molecule has 0 amide bonds. The minimum absolute atomic E-state index is 0.202. The summed E-state index contributed by atoms with van der Waals surface area (Å²) in [6.07, 6.45) is 11.7. The molecule has 0 N–H and O–H groups in total. The Kier molecular flexibility index (Phi) is 11.9. The zero-order valence-electron chi connectivity index (χ0n) is 31.4. The summed E-state index contributed by atoms with van der Waals surface area (Å²) in [5.74, 6) is 0.570. The molecule has 0 spiro atoms. The minimum atomic E-state index is -0.202. The van der Waals surface area contributed by atoms with Crippen molar-refractivity contribution in [1.82, 2.24) is 4.90 Å². The number of nitrogens with zero attached hydrogens (tertiary/aromatic N) is 1. The normalized spacial score (nSPS) is 15.7. The first-order valence-corrected chi connectivity index (χ1v) is 19.8. The van der Waals surface area contributed by atoms with Crippen LogP contribution in [0.25, 0.3) is 16.5 Å². The summed E-state index contributed by atoms with van der Waals surface area (Å²) in [4.78, 5) is 5.27. The van der Waals surface area contributed by atoms with Gasteiger partial charge in [0.05, 0.1) is 6.04 Å². The van der Waals surface area contributed by atoms with Crippen LogP contribution in [0.3, 0.4) is 0 Å². The molecular weight excluding hydrogens is 635 g/mol. The summed E-state index contributed by atoms with van der Waals surface area (Å²) in [6, 6.07) is 45.1. The largest absolute Gasteiger partial charge is 0.370 e. The summed E-state index contributed by atoms with van der Waals surface area (Å²) < 4.78 is 0. The van der Waals surface area contributed by atoms with Gasteiger partial charge in [-0.05, 0) is 115 Å². The Labute approximate surface area is 312 Å². The van der Waals surface area contributed by atoms with E-state index in [0.29, 0.717) is 12.0 Å². The second kappa shape index (κ2) is 16.7. The second-order valence-electron chi connectivity index (χ2n) is 14.7. The molecule has 0 bridgehead atoms. The van der Waals surface area contributed by atoms with Gasteiger partial charge in [0, 0.05) is 27.9 Å². The molecule has 0 aliphatic carbocycles. The van der Waals surface area contributed by atoms with Crippen molar-refractivity contribution in [3.63, 3.8) is 0 Å². The van der Waals surface area contributed by atoms with Crippen LogP contribution in [0.2, 0.25) is 0 Å². The van der Waals surface area contributed by atoms with E-state index in [-0.39, 0.29) is 5.41 Å². The monoisotopic (exact) mass is 689 g/mol. The van der Waals surface area contributed by atoms with Crippen LogP contribution >= 0.6 is 11.3 Å². The fraction of sp³-hybridized carbons (Fsp3) is 0.306. The minimum Gasteiger partial charge on any atom is -0.370 e. The molecular formula is C49H55NS. The first-order chi connectivity index (χ1) is 24.8. The van der Waals surface area contributed by atoms with Crippen molar-refractivity contribution in [2.75, 3.05) is 6.54 Å². The average Bonchev–Trinajstić information content (AvgIpc) is 3.68. The predicted octanol–water partition coefficient (Wildman–Crippen LogP) is 13.6. The fourth-order valence-corrected chi connectivity index (χ4v) is 8.76. The van der Waals surface area contributed by atoms with Crippen molar-refractivity contribution in [2.24, 2.45) is 5.92 Å². The smallest absolute Gasteiger partial charge is 0.0509 e. The molecule has 5 aromatic rings. The molecule has 1 aliphatic rings. The highest BCUT2D eigenvalue weighted by Gasteiger charge is 2.36. The van der Waals surface area contributed by atoms with Crippen LogP contribution in [0, 0.1) is 19.8 Å². The molecule has 1 aliphatic heterocycles. The SMILES string of the molecule is C=C1C(C(=Cc2cc(-c3ccccc3)sc2C)CCCC)=CN(CCC(C)CCC(c2ccccc2)(c2ccccc2)c2ccc(C)cc2)C1C. The van der Waals surface area contributed by atoms with Crippen molar-refractivity contribution < 1.29 is 0 Å². The molecule has 2 heteroatoms. The molecule has 1 aromatic heterocycles. The van der Waals surface area contributed by atoms with Gasteiger partial charge in [0.2, 0.25) is 0 Å². The van der Waals surface area contributed by atoms with E-state index in [1.807, 2.05) is 11.3 Å². The number of benzene rings is 4. The molecule has 0 radical (unpaired) electrons. The van der Waals surface area contributed by atoms with Gasteiger partial charge in [-0.15, -0.1) is 11.3 Å². The van der Waals surface area contributed by atoms with E-state index >= 15 is 0 Å². The van der Waals surface area contributed by atoms with Crippen molar-refractivity contribution in [3.05, 3.63) is 184 Å². The Morgan fingerprint density at radius 2 is 1.41 bits per heavy atom. The number of hydrogen-bond acceptors (Lipinski definition) is 2. The maximum atomic E-state index is 4.67. The molecule has 4 aromatic carbocycles. The van der Waals surface area contributed by atoms with Gasteiger partial charge in [-0.1, -0.05) is 148 Å². The highest BCUT2D eigenvalue weighted by molar-refractivity contribution is 7.15. The predicted molar refractivity (Wildman–Crippen MR) is 222 cm³/mol. The van der Waals surface area contributed by atoms with Crippen LogP contribution < -0.4 is 0 Å². The van der Waals surface area contributed by atoms with Gasteiger partial charge >= 0.3 is 0 Å². The summed E-state index contributed by atoms with van der Waals surface area (Å²) in [5.41, 5.74) is 11.9. The number of hydrogen-bond donors (Lipinski definition) is 0. The van der Waals surface area contributed by atoms with Gasteiger partial charge in [0.15, 0.2) is 0 Å². The highest BCUT2D eigenvalue weighted by Crippen LogP contribution is 2.44. The lowest BCUT2D eigenvalue weighted by atomic mass is 9.66. The Balaban J connectivity index is 1.21. The van der Waals surface area contributed by atoms with Crippen LogP contribution in [0.4, 0.5) is 0 Å². The Morgan fingerprint density at radius 3 is 2.02 bits per heavy atom. The maximum Gasteiger partial charge on any atom is 0.0509 e. The van der Waals surface area contributed by atoms with Crippen molar-refractivity contribution >= 4 is 17.4 Å². The summed E-state index contributed by atoms with van der Waals surface area (Å²) in [7, 11) is 0. The van der Waals surface area contributed by atoms with E-state index in [4.69, 9.17) is 0 Å². The van der Waals surface area contributed by atoms with Gasteiger partial charge in [-0.3, -0.25) is 0 Å². The van der Waals surface area contributed by atoms with E-state index in [9.17, 15) is 0 Å². The van der Waals surface area contributed by atoms with Crippen LogP contribution in [0.1, 0.15) is 92.0 Å². The van der Waals surface area contributed by atoms with Gasteiger partial charge < -0.3 is 4.90 Å². The third-order valence-corrected chi connectivity index (χ3v) is 12.2. The van der Waals surface area contributed by atoms with Crippen molar-refractivity contribution in [2.45, 2.75) is 84.6 Å². The van der Waals surface area contributed by atoms with Gasteiger partial charge in [-0.25, -0.2) is 0 Å². The number of rotatable bonds is 15. The Morgan fingerprint density at radius 1 is 0.824 bits per heavy atom. The Bertz CT molecular complexity index is 1890. The van der Waals surface area contributed by atoms with E-state index in [1.54, 1.807) is 0 Å². The molecule has 0 saturated carbocycles. The molecule has 262 valence electrons. The van der Waals surface area contributed by atoms with Gasteiger partial charge in [0.25, 0.3) is 0 Å². The topological polar surface area (TPSA) is 3.24 Å². The molecule has 0 fully saturated rings. The van der Waals surface area contributed by atoms with Crippen LogP contribution in [0.15, 0.2) is 151 Å². The van der Waals surface area contributed by atoms with E-state index in [1.165, 1.54) is 72.7 Å². The lowest BCUT2D eigenvalue weighted by molar-refractivity contribution is 0.302. The molecule has 51 heavy (non-hydrogen) atoms. The molecule has 0 saturated heterocycles.